The van der Waals surface area contributed by atoms with E-state index in [1.54, 1.807) is 17.4 Å². The van der Waals surface area contributed by atoms with E-state index in [4.69, 9.17) is 0 Å². The molecule has 2 aromatic rings. The van der Waals surface area contributed by atoms with Crippen molar-refractivity contribution >= 4 is 11.3 Å². The van der Waals surface area contributed by atoms with Crippen LogP contribution in [0.5, 0.6) is 0 Å². The first-order valence-corrected chi connectivity index (χ1v) is 7.68. The molecule has 0 saturated heterocycles. The van der Waals surface area contributed by atoms with E-state index in [1.165, 1.54) is 6.07 Å². The Bertz CT molecular complexity index is 572. The lowest BCUT2D eigenvalue weighted by molar-refractivity contribution is 0.524. The van der Waals surface area contributed by atoms with Gasteiger partial charge in [-0.3, -0.25) is 0 Å². The molecule has 0 aliphatic rings. The maximum Gasteiger partial charge on any atom is 0.127 e. The minimum Gasteiger partial charge on any atom is -0.304 e. The second-order valence-electron chi connectivity index (χ2n) is 6.00. The number of hydrogen-bond acceptors (Lipinski definition) is 3. The monoisotopic (exact) mass is 292 g/mol. The SMILES string of the molecule is CC(NCc1nc(C(C)(C)C)cs1)c1ccccc1F. The van der Waals surface area contributed by atoms with Crippen LogP contribution in [-0.2, 0) is 12.0 Å². The van der Waals surface area contributed by atoms with Crippen molar-refractivity contribution in [3.8, 4) is 0 Å². The number of nitrogens with one attached hydrogen (secondary N) is 1. The summed E-state index contributed by atoms with van der Waals surface area (Å²) in [6, 6.07) is 6.85. The van der Waals surface area contributed by atoms with Crippen molar-refractivity contribution in [2.24, 2.45) is 0 Å². The van der Waals surface area contributed by atoms with Gasteiger partial charge in [0.2, 0.25) is 0 Å². The number of rotatable bonds is 4. The fourth-order valence-electron chi connectivity index (χ4n) is 1.91. The molecule has 0 radical (unpaired) electrons. The van der Waals surface area contributed by atoms with Crippen molar-refractivity contribution in [1.29, 1.82) is 0 Å². The Balaban J connectivity index is 1.99. The average Bonchev–Trinajstić information content (AvgIpc) is 2.85. The van der Waals surface area contributed by atoms with Crippen molar-refractivity contribution in [3.05, 3.63) is 51.7 Å². The molecular formula is C16H21FN2S. The van der Waals surface area contributed by atoms with Gasteiger partial charge in [0.1, 0.15) is 10.8 Å². The molecule has 1 aromatic heterocycles. The van der Waals surface area contributed by atoms with Gasteiger partial charge in [-0.2, -0.15) is 0 Å². The first-order valence-electron chi connectivity index (χ1n) is 6.80. The highest BCUT2D eigenvalue weighted by atomic mass is 32.1. The third kappa shape index (κ3) is 3.64. The van der Waals surface area contributed by atoms with Crippen molar-refractivity contribution in [1.82, 2.24) is 10.3 Å². The second-order valence-corrected chi connectivity index (χ2v) is 6.94. The number of hydrogen-bond donors (Lipinski definition) is 1. The number of benzene rings is 1. The summed E-state index contributed by atoms with van der Waals surface area (Å²) in [7, 11) is 0. The minimum atomic E-state index is -0.165. The van der Waals surface area contributed by atoms with Crippen LogP contribution in [0.2, 0.25) is 0 Å². The smallest absolute Gasteiger partial charge is 0.127 e. The fraction of sp³-hybridized carbons (Fsp3) is 0.438. The molecule has 1 heterocycles. The van der Waals surface area contributed by atoms with Crippen LogP contribution in [0.15, 0.2) is 29.6 Å². The van der Waals surface area contributed by atoms with Crippen LogP contribution in [0.3, 0.4) is 0 Å². The van der Waals surface area contributed by atoms with E-state index < -0.39 is 0 Å². The van der Waals surface area contributed by atoms with Crippen LogP contribution >= 0.6 is 11.3 Å². The molecule has 1 unspecified atom stereocenters. The number of aromatic nitrogens is 1. The van der Waals surface area contributed by atoms with Crippen LogP contribution < -0.4 is 5.32 Å². The predicted octanol–water partition coefficient (Wildman–Crippen LogP) is 4.43. The summed E-state index contributed by atoms with van der Waals surface area (Å²) in [5.41, 5.74) is 1.88. The van der Waals surface area contributed by atoms with E-state index in [-0.39, 0.29) is 17.3 Å². The van der Waals surface area contributed by atoms with Crippen molar-refractivity contribution in [2.75, 3.05) is 0 Å². The quantitative estimate of drug-likeness (QED) is 0.901. The molecule has 4 heteroatoms. The maximum atomic E-state index is 13.7. The molecule has 0 bridgehead atoms. The maximum absolute atomic E-state index is 13.7. The number of nitrogens with zero attached hydrogens (tertiary/aromatic N) is 1. The highest BCUT2D eigenvalue weighted by Gasteiger charge is 2.17. The normalized spacial score (nSPS) is 13.4. The Morgan fingerprint density at radius 1 is 1.30 bits per heavy atom. The molecule has 1 N–H and O–H groups in total. The van der Waals surface area contributed by atoms with Gasteiger partial charge in [-0.05, 0) is 13.0 Å². The molecule has 2 rings (SSSR count). The predicted molar refractivity (Wildman–Crippen MR) is 82.5 cm³/mol. The topological polar surface area (TPSA) is 24.9 Å². The lowest BCUT2D eigenvalue weighted by atomic mass is 9.93. The standard InChI is InChI=1S/C16H21FN2S/c1-11(12-7-5-6-8-13(12)17)18-9-15-19-14(10-20-15)16(2,3)4/h5-8,10-11,18H,9H2,1-4H3. The Morgan fingerprint density at radius 2 is 2.00 bits per heavy atom. The Kier molecular flexibility index (Phi) is 4.55. The summed E-state index contributed by atoms with van der Waals surface area (Å²) >= 11 is 1.65. The number of thiazole rings is 1. The molecule has 0 saturated carbocycles. The summed E-state index contributed by atoms with van der Waals surface area (Å²) < 4.78 is 13.7. The minimum absolute atomic E-state index is 0.0295. The van der Waals surface area contributed by atoms with E-state index >= 15 is 0 Å². The van der Waals surface area contributed by atoms with E-state index in [0.717, 1.165) is 10.7 Å². The van der Waals surface area contributed by atoms with E-state index in [2.05, 4.69) is 36.5 Å². The Morgan fingerprint density at radius 3 is 2.60 bits per heavy atom. The van der Waals surface area contributed by atoms with Crippen LogP contribution in [0.25, 0.3) is 0 Å². The van der Waals surface area contributed by atoms with Crippen LogP contribution in [0.4, 0.5) is 4.39 Å². The third-order valence-electron chi connectivity index (χ3n) is 3.25. The van der Waals surface area contributed by atoms with Gasteiger partial charge in [0.05, 0.1) is 5.69 Å². The van der Waals surface area contributed by atoms with Crippen molar-refractivity contribution < 1.29 is 4.39 Å². The van der Waals surface area contributed by atoms with Crippen LogP contribution in [0, 0.1) is 5.82 Å². The molecule has 0 aliphatic heterocycles. The van der Waals surface area contributed by atoms with Gasteiger partial charge in [-0.25, -0.2) is 9.37 Å². The van der Waals surface area contributed by atoms with E-state index in [9.17, 15) is 4.39 Å². The van der Waals surface area contributed by atoms with Crippen molar-refractivity contribution in [2.45, 2.75) is 45.7 Å². The number of halogens is 1. The molecule has 1 atom stereocenters. The molecule has 1 aromatic carbocycles. The molecule has 0 amide bonds. The average molecular weight is 292 g/mol. The first-order chi connectivity index (χ1) is 9.38. The van der Waals surface area contributed by atoms with E-state index in [1.807, 2.05) is 19.1 Å². The zero-order valence-corrected chi connectivity index (χ0v) is 13.2. The summed E-state index contributed by atoms with van der Waals surface area (Å²) in [6.07, 6.45) is 0. The van der Waals surface area contributed by atoms with Crippen molar-refractivity contribution in [3.63, 3.8) is 0 Å². The van der Waals surface area contributed by atoms with E-state index in [0.29, 0.717) is 12.1 Å². The van der Waals surface area contributed by atoms with Gasteiger partial charge in [0.25, 0.3) is 0 Å². The first kappa shape index (κ1) is 15.1. The molecule has 2 nitrogen and oxygen atoms in total. The zero-order chi connectivity index (χ0) is 14.8. The second kappa shape index (κ2) is 6.02. The van der Waals surface area contributed by atoms with Crippen LogP contribution in [0.1, 0.15) is 50.0 Å². The van der Waals surface area contributed by atoms with Gasteiger partial charge in [-0.1, -0.05) is 39.0 Å². The van der Waals surface area contributed by atoms with Gasteiger partial charge in [0.15, 0.2) is 0 Å². The lowest BCUT2D eigenvalue weighted by Gasteiger charge is -2.15. The largest absolute Gasteiger partial charge is 0.304 e. The lowest BCUT2D eigenvalue weighted by Crippen LogP contribution is -2.19. The third-order valence-corrected chi connectivity index (χ3v) is 4.10. The Hall–Kier alpha value is -1.26. The highest BCUT2D eigenvalue weighted by Crippen LogP contribution is 2.24. The zero-order valence-electron chi connectivity index (χ0n) is 12.4. The molecule has 20 heavy (non-hydrogen) atoms. The van der Waals surface area contributed by atoms with Gasteiger partial charge in [0, 0.05) is 28.9 Å². The van der Waals surface area contributed by atoms with Gasteiger partial charge >= 0.3 is 0 Å². The molecule has 0 spiro atoms. The molecular weight excluding hydrogens is 271 g/mol. The highest BCUT2D eigenvalue weighted by molar-refractivity contribution is 7.09. The summed E-state index contributed by atoms with van der Waals surface area (Å²) in [5, 5.41) is 6.47. The molecule has 0 fully saturated rings. The summed E-state index contributed by atoms with van der Waals surface area (Å²) in [6.45, 7) is 9.09. The summed E-state index contributed by atoms with van der Waals surface area (Å²) in [4.78, 5) is 4.63. The fourth-order valence-corrected chi connectivity index (χ4v) is 2.88. The molecule has 0 aliphatic carbocycles. The van der Waals surface area contributed by atoms with Gasteiger partial charge < -0.3 is 5.32 Å². The van der Waals surface area contributed by atoms with Crippen LogP contribution in [-0.4, -0.2) is 4.98 Å². The van der Waals surface area contributed by atoms with Gasteiger partial charge in [-0.15, -0.1) is 11.3 Å². The molecule has 108 valence electrons. The summed E-state index contributed by atoms with van der Waals surface area (Å²) in [5.74, 6) is -0.165. The Labute approximate surface area is 124 Å².